The highest BCUT2D eigenvalue weighted by molar-refractivity contribution is 5.46. The van der Waals surface area contributed by atoms with Crippen molar-refractivity contribution in [1.82, 2.24) is 9.88 Å². The molecule has 1 aromatic heterocycles. The molecule has 2 heterocycles. The largest absolute Gasteiger partial charge is 0.369 e. The molecule has 1 fully saturated rings. The maximum atomic E-state index is 8.74. The maximum absolute atomic E-state index is 8.74. The van der Waals surface area contributed by atoms with Crippen LogP contribution in [0.25, 0.3) is 0 Å². The average Bonchev–Trinajstić information content (AvgIpc) is 2.65. The van der Waals surface area contributed by atoms with Gasteiger partial charge >= 0.3 is 0 Å². The second-order valence-electron chi connectivity index (χ2n) is 4.70. The van der Waals surface area contributed by atoms with Crippen LogP contribution in [-0.2, 0) is 0 Å². The minimum absolute atomic E-state index is 0.487. The Bertz CT molecular complexity index is 407. The Morgan fingerprint density at radius 2 is 2.17 bits per heavy atom. The van der Waals surface area contributed by atoms with Crippen molar-refractivity contribution >= 4 is 5.69 Å². The average molecular weight is 244 g/mol. The first kappa shape index (κ1) is 12.8. The van der Waals surface area contributed by atoms with E-state index < -0.39 is 0 Å². The highest BCUT2D eigenvalue weighted by atomic mass is 15.2. The molecule has 0 aliphatic carbocycles. The Balaban J connectivity index is 1.98. The summed E-state index contributed by atoms with van der Waals surface area (Å²) in [5.74, 6) is 0. The van der Waals surface area contributed by atoms with Crippen molar-refractivity contribution in [1.29, 1.82) is 5.26 Å². The van der Waals surface area contributed by atoms with Gasteiger partial charge < -0.3 is 9.80 Å². The van der Waals surface area contributed by atoms with Gasteiger partial charge in [0.15, 0.2) is 0 Å². The van der Waals surface area contributed by atoms with E-state index in [1.807, 2.05) is 12.3 Å². The molecule has 0 aromatic carbocycles. The molecule has 0 amide bonds. The summed E-state index contributed by atoms with van der Waals surface area (Å²) in [6.45, 7) is 7.86. The third-order valence-electron chi connectivity index (χ3n) is 3.36. The summed E-state index contributed by atoms with van der Waals surface area (Å²) in [6.07, 6.45) is 4.23. The highest BCUT2D eigenvalue weighted by Gasteiger charge is 2.14. The Labute approximate surface area is 109 Å². The molecule has 4 heteroatoms. The SMILES string of the molecule is CCCN1CCCN(c2ccc(C#N)nc2)CC1. The monoisotopic (exact) mass is 244 g/mol. The predicted molar refractivity (Wildman–Crippen MR) is 72.5 cm³/mol. The molecule has 0 radical (unpaired) electrons. The van der Waals surface area contributed by atoms with Crippen molar-refractivity contribution in [2.75, 3.05) is 37.6 Å². The molecule has 4 nitrogen and oxygen atoms in total. The summed E-state index contributed by atoms with van der Waals surface area (Å²) in [4.78, 5) is 9.03. The van der Waals surface area contributed by atoms with E-state index in [2.05, 4.69) is 27.8 Å². The number of nitriles is 1. The highest BCUT2D eigenvalue weighted by Crippen LogP contribution is 2.15. The summed E-state index contributed by atoms with van der Waals surface area (Å²) >= 11 is 0. The van der Waals surface area contributed by atoms with Gasteiger partial charge in [0.25, 0.3) is 0 Å². The van der Waals surface area contributed by atoms with Crippen molar-refractivity contribution in [3.8, 4) is 6.07 Å². The lowest BCUT2D eigenvalue weighted by molar-refractivity contribution is 0.294. The summed E-state index contributed by atoms with van der Waals surface area (Å²) in [5, 5.41) is 8.74. The van der Waals surface area contributed by atoms with Crippen molar-refractivity contribution < 1.29 is 0 Å². The summed E-state index contributed by atoms with van der Waals surface area (Å²) in [6, 6.07) is 5.85. The minimum atomic E-state index is 0.487. The Kier molecular flexibility index (Phi) is 4.54. The van der Waals surface area contributed by atoms with E-state index in [9.17, 15) is 0 Å². The molecule has 0 unspecified atom stereocenters. The van der Waals surface area contributed by atoms with Gasteiger partial charge in [-0.3, -0.25) is 0 Å². The van der Waals surface area contributed by atoms with Gasteiger partial charge in [-0.05, 0) is 38.1 Å². The smallest absolute Gasteiger partial charge is 0.140 e. The fourth-order valence-corrected chi connectivity index (χ4v) is 2.41. The van der Waals surface area contributed by atoms with Gasteiger partial charge in [0.1, 0.15) is 11.8 Å². The van der Waals surface area contributed by atoms with Crippen LogP contribution in [-0.4, -0.2) is 42.6 Å². The zero-order chi connectivity index (χ0) is 12.8. The van der Waals surface area contributed by atoms with Gasteiger partial charge in [0.05, 0.1) is 11.9 Å². The van der Waals surface area contributed by atoms with Gasteiger partial charge in [-0.2, -0.15) is 5.26 Å². The van der Waals surface area contributed by atoms with Crippen LogP contribution >= 0.6 is 0 Å². The lowest BCUT2D eigenvalue weighted by Gasteiger charge is -2.23. The van der Waals surface area contributed by atoms with E-state index in [1.54, 1.807) is 6.07 Å². The Morgan fingerprint density at radius 3 is 2.83 bits per heavy atom. The quantitative estimate of drug-likeness (QED) is 0.814. The molecule has 1 saturated heterocycles. The first-order chi connectivity index (χ1) is 8.83. The predicted octanol–water partition coefficient (Wildman–Crippen LogP) is 1.88. The first-order valence-electron chi connectivity index (χ1n) is 6.67. The van der Waals surface area contributed by atoms with E-state index in [0.29, 0.717) is 5.69 Å². The number of anilines is 1. The third-order valence-corrected chi connectivity index (χ3v) is 3.36. The molecular formula is C14H20N4. The summed E-state index contributed by atoms with van der Waals surface area (Å²) < 4.78 is 0. The molecule has 96 valence electrons. The number of pyridine rings is 1. The van der Waals surface area contributed by atoms with Gasteiger partial charge in [-0.25, -0.2) is 4.98 Å². The van der Waals surface area contributed by atoms with E-state index in [1.165, 1.54) is 25.9 Å². The first-order valence-corrected chi connectivity index (χ1v) is 6.67. The molecule has 1 aliphatic rings. The van der Waals surface area contributed by atoms with Crippen LogP contribution in [0.2, 0.25) is 0 Å². The fourth-order valence-electron chi connectivity index (χ4n) is 2.41. The normalized spacial score (nSPS) is 17.2. The van der Waals surface area contributed by atoms with E-state index in [-0.39, 0.29) is 0 Å². The van der Waals surface area contributed by atoms with E-state index in [4.69, 9.17) is 5.26 Å². The lowest BCUT2D eigenvalue weighted by atomic mass is 10.3. The molecule has 1 aromatic rings. The molecule has 18 heavy (non-hydrogen) atoms. The minimum Gasteiger partial charge on any atom is -0.369 e. The van der Waals surface area contributed by atoms with Gasteiger partial charge in [-0.1, -0.05) is 6.92 Å². The van der Waals surface area contributed by atoms with Gasteiger partial charge in [0.2, 0.25) is 0 Å². The molecule has 0 bridgehead atoms. The zero-order valence-corrected chi connectivity index (χ0v) is 11.0. The Morgan fingerprint density at radius 1 is 1.28 bits per heavy atom. The molecule has 1 aliphatic heterocycles. The molecule has 0 atom stereocenters. The second kappa shape index (κ2) is 6.36. The summed E-state index contributed by atoms with van der Waals surface area (Å²) in [5.41, 5.74) is 1.62. The van der Waals surface area contributed by atoms with Gasteiger partial charge in [-0.15, -0.1) is 0 Å². The molecule has 2 rings (SSSR count). The van der Waals surface area contributed by atoms with Gasteiger partial charge in [0, 0.05) is 19.6 Å². The van der Waals surface area contributed by atoms with Crippen LogP contribution in [0.4, 0.5) is 5.69 Å². The lowest BCUT2D eigenvalue weighted by Crippen LogP contribution is -2.31. The Hall–Kier alpha value is -1.60. The standard InChI is InChI=1S/C14H20N4/c1-2-6-17-7-3-8-18(10-9-17)14-5-4-13(11-15)16-12-14/h4-5,12H,2-3,6-10H2,1H3. The molecule has 0 N–H and O–H groups in total. The van der Waals surface area contributed by atoms with E-state index in [0.717, 1.165) is 25.3 Å². The van der Waals surface area contributed by atoms with Crippen molar-refractivity contribution in [2.24, 2.45) is 0 Å². The fraction of sp³-hybridized carbons (Fsp3) is 0.571. The number of hydrogen-bond donors (Lipinski definition) is 0. The second-order valence-corrected chi connectivity index (χ2v) is 4.70. The van der Waals surface area contributed by atoms with Crippen molar-refractivity contribution in [3.05, 3.63) is 24.0 Å². The third kappa shape index (κ3) is 3.21. The molecular weight excluding hydrogens is 224 g/mol. The van der Waals surface area contributed by atoms with Crippen LogP contribution in [0.5, 0.6) is 0 Å². The molecule has 0 spiro atoms. The number of hydrogen-bond acceptors (Lipinski definition) is 4. The molecule has 0 saturated carbocycles. The number of aromatic nitrogens is 1. The van der Waals surface area contributed by atoms with E-state index >= 15 is 0 Å². The number of rotatable bonds is 3. The van der Waals surface area contributed by atoms with Crippen LogP contribution in [0.15, 0.2) is 18.3 Å². The van der Waals surface area contributed by atoms with Crippen LogP contribution in [0, 0.1) is 11.3 Å². The van der Waals surface area contributed by atoms with Crippen molar-refractivity contribution in [3.63, 3.8) is 0 Å². The van der Waals surface area contributed by atoms with Crippen LogP contribution in [0.3, 0.4) is 0 Å². The summed E-state index contributed by atoms with van der Waals surface area (Å²) in [7, 11) is 0. The maximum Gasteiger partial charge on any atom is 0.140 e. The van der Waals surface area contributed by atoms with Crippen LogP contribution in [0.1, 0.15) is 25.5 Å². The zero-order valence-electron chi connectivity index (χ0n) is 11.0. The van der Waals surface area contributed by atoms with Crippen molar-refractivity contribution in [2.45, 2.75) is 19.8 Å². The van der Waals surface area contributed by atoms with Crippen LogP contribution < -0.4 is 4.90 Å². The number of nitrogens with zero attached hydrogens (tertiary/aromatic N) is 4. The topological polar surface area (TPSA) is 43.2 Å².